The second-order valence-corrected chi connectivity index (χ2v) is 7.58. The maximum Gasteiger partial charge on any atom is 0.276 e. The Labute approximate surface area is 147 Å². The molecule has 0 radical (unpaired) electrons. The van der Waals surface area contributed by atoms with Gasteiger partial charge in [-0.2, -0.15) is 0 Å². The molecule has 2 saturated heterocycles. The number of nitrogens with zero attached hydrogens (tertiary/aromatic N) is 4. The SMILES string of the molecule is CCC1(Cn2cc(C(=O)N3CCNC(=O)[C@@H]3CC(C)C)nn2)COC1. The predicted octanol–water partition coefficient (Wildman–Crippen LogP) is 0.691. The first-order valence-corrected chi connectivity index (χ1v) is 9.01. The Hall–Kier alpha value is -1.96. The van der Waals surface area contributed by atoms with Crippen molar-refractivity contribution in [2.24, 2.45) is 11.3 Å². The molecule has 3 rings (SSSR count). The molecule has 2 aliphatic heterocycles. The first-order valence-electron chi connectivity index (χ1n) is 9.01. The maximum atomic E-state index is 12.9. The zero-order valence-corrected chi connectivity index (χ0v) is 15.2. The number of amides is 2. The molecule has 1 aromatic heterocycles. The fraction of sp³-hybridized carbons (Fsp3) is 0.765. The van der Waals surface area contributed by atoms with Crippen LogP contribution in [0.15, 0.2) is 6.20 Å². The van der Waals surface area contributed by atoms with Crippen molar-refractivity contribution in [3.63, 3.8) is 0 Å². The van der Waals surface area contributed by atoms with Crippen LogP contribution >= 0.6 is 0 Å². The highest BCUT2D eigenvalue weighted by molar-refractivity contribution is 5.96. The van der Waals surface area contributed by atoms with E-state index in [1.807, 2.05) is 13.8 Å². The van der Waals surface area contributed by atoms with Crippen LogP contribution in [-0.4, -0.2) is 64.1 Å². The lowest BCUT2D eigenvalue weighted by Crippen LogP contribution is -2.57. The number of nitrogens with one attached hydrogen (secondary N) is 1. The molecular weight excluding hydrogens is 322 g/mol. The number of piperazine rings is 1. The summed E-state index contributed by atoms with van der Waals surface area (Å²) in [6, 6.07) is -0.437. The highest BCUT2D eigenvalue weighted by Gasteiger charge is 2.38. The van der Waals surface area contributed by atoms with E-state index in [0.29, 0.717) is 37.7 Å². The fourth-order valence-corrected chi connectivity index (χ4v) is 3.40. The summed E-state index contributed by atoms with van der Waals surface area (Å²) in [5.41, 5.74) is 0.397. The van der Waals surface area contributed by atoms with Crippen molar-refractivity contribution in [1.82, 2.24) is 25.2 Å². The van der Waals surface area contributed by atoms with Crippen LogP contribution in [0.5, 0.6) is 0 Å². The topological polar surface area (TPSA) is 89.4 Å². The van der Waals surface area contributed by atoms with Crippen molar-refractivity contribution < 1.29 is 14.3 Å². The van der Waals surface area contributed by atoms with E-state index in [0.717, 1.165) is 19.6 Å². The van der Waals surface area contributed by atoms with E-state index in [2.05, 4.69) is 22.6 Å². The van der Waals surface area contributed by atoms with Crippen LogP contribution in [0.4, 0.5) is 0 Å². The Morgan fingerprint density at radius 1 is 1.48 bits per heavy atom. The van der Waals surface area contributed by atoms with Crippen LogP contribution in [0, 0.1) is 11.3 Å². The molecule has 3 heterocycles. The normalized spacial score (nSPS) is 22.6. The van der Waals surface area contributed by atoms with E-state index in [9.17, 15) is 9.59 Å². The van der Waals surface area contributed by atoms with Gasteiger partial charge in [-0.3, -0.25) is 14.3 Å². The van der Waals surface area contributed by atoms with Gasteiger partial charge in [0.05, 0.1) is 26.0 Å². The maximum absolute atomic E-state index is 12.9. The molecule has 2 aliphatic rings. The summed E-state index contributed by atoms with van der Waals surface area (Å²) in [5.74, 6) is 0.0160. The van der Waals surface area contributed by atoms with Gasteiger partial charge in [0.2, 0.25) is 5.91 Å². The van der Waals surface area contributed by atoms with Crippen molar-refractivity contribution in [1.29, 1.82) is 0 Å². The summed E-state index contributed by atoms with van der Waals surface area (Å²) in [4.78, 5) is 26.7. The summed E-state index contributed by atoms with van der Waals surface area (Å²) in [6.07, 6.45) is 3.33. The van der Waals surface area contributed by atoms with Crippen LogP contribution in [0.3, 0.4) is 0 Å². The molecule has 8 nitrogen and oxygen atoms in total. The van der Waals surface area contributed by atoms with Crippen LogP contribution in [-0.2, 0) is 16.1 Å². The van der Waals surface area contributed by atoms with Gasteiger partial charge in [0, 0.05) is 18.5 Å². The van der Waals surface area contributed by atoms with Crippen LogP contribution < -0.4 is 5.32 Å². The standard InChI is InChI=1S/C17H27N5O3/c1-4-17(10-25-11-17)9-21-8-13(19-20-21)16(24)22-6-5-18-15(23)14(22)7-12(2)3/h8,12,14H,4-7,9-11H2,1-3H3,(H,18,23)/t14-/m0/s1. The summed E-state index contributed by atoms with van der Waals surface area (Å²) in [6.45, 7) is 9.33. The van der Waals surface area contributed by atoms with Crippen molar-refractivity contribution in [2.45, 2.75) is 46.2 Å². The second kappa shape index (κ2) is 7.11. The van der Waals surface area contributed by atoms with Crippen molar-refractivity contribution in [3.05, 3.63) is 11.9 Å². The molecule has 138 valence electrons. The summed E-state index contributed by atoms with van der Waals surface area (Å²) in [5, 5.41) is 11.0. The molecule has 2 amide bonds. The van der Waals surface area contributed by atoms with E-state index in [4.69, 9.17) is 4.74 Å². The van der Waals surface area contributed by atoms with E-state index < -0.39 is 6.04 Å². The Morgan fingerprint density at radius 2 is 2.24 bits per heavy atom. The summed E-state index contributed by atoms with van der Waals surface area (Å²) in [7, 11) is 0. The van der Waals surface area contributed by atoms with Crippen molar-refractivity contribution in [3.8, 4) is 0 Å². The van der Waals surface area contributed by atoms with Gasteiger partial charge in [0.15, 0.2) is 5.69 Å². The molecule has 0 saturated carbocycles. The average Bonchev–Trinajstić information content (AvgIpc) is 3.00. The molecule has 1 aromatic rings. The average molecular weight is 349 g/mol. The monoisotopic (exact) mass is 349 g/mol. The summed E-state index contributed by atoms with van der Waals surface area (Å²) < 4.78 is 7.06. The molecule has 1 N–H and O–H groups in total. The fourth-order valence-electron chi connectivity index (χ4n) is 3.40. The number of rotatable bonds is 6. The first-order chi connectivity index (χ1) is 11.9. The largest absolute Gasteiger partial charge is 0.380 e. The molecule has 0 unspecified atom stereocenters. The minimum absolute atomic E-state index is 0.0859. The van der Waals surface area contributed by atoms with Gasteiger partial charge in [0.1, 0.15) is 6.04 Å². The molecular formula is C17H27N5O3. The Morgan fingerprint density at radius 3 is 2.84 bits per heavy atom. The van der Waals surface area contributed by atoms with E-state index in [-0.39, 0.29) is 17.2 Å². The zero-order chi connectivity index (χ0) is 18.0. The zero-order valence-electron chi connectivity index (χ0n) is 15.2. The molecule has 2 fully saturated rings. The third kappa shape index (κ3) is 3.68. The van der Waals surface area contributed by atoms with Crippen LogP contribution in [0.1, 0.15) is 44.1 Å². The Kier molecular flexibility index (Phi) is 5.08. The molecule has 0 spiro atoms. The molecule has 0 aromatic carbocycles. The Bertz CT molecular complexity index is 632. The third-order valence-corrected chi connectivity index (χ3v) is 5.11. The third-order valence-electron chi connectivity index (χ3n) is 5.11. The lowest BCUT2D eigenvalue weighted by molar-refractivity contribution is -0.128. The number of ether oxygens (including phenoxy) is 1. The number of aromatic nitrogens is 3. The first kappa shape index (κ1) is 17.8. The van der Waals surface area contributed by atoms with E-state index in [1.165, 1.54) is 0 Å². The highest BCUT2D eigenvalue weighted by Crippen LogP contribution is 2.32. The predicted molar refractivity (Wildman–Crippen MR) is 90.9 cm³/mol. The van der Waals surface area contributed by atoms with Crippen LogP contribution in [0.25, 0.3) is 0 Å². The Balaban J connectivity index is 1.72. The van der Waals surface area contributed by atoms with E-state index in [1.54, 1.807) is 15.8 Å². The van der Waals surface area contributed by atoms with Gasteiger partial charge in [-0.05, 0) is 18.8 Å². The molecule has 0 bridgehead atoms. The number of hydrogen-bond acceptors (Lipinski definition) is 5. The van der Waals surface area contributed by atoms with Crippen molar-refractivity contribution >= 4 is 11.8 Å². The molecule has 25 heavy (non-hydrogen) atoms. The number of hydrogen-bond donors (Lipinski definition) is 1. The summed E-state index contributed by atoms with van der Waals surface area (Å²) >= 11 is 0. The molecule has 1 atom stereocenters. The lowest BCUT2D eigenvalue weighted by Gasteiger charge is -2.40. The molecule has 8 heteroatoms. The van der Waals surface area contributed by atoms with Gasteiger partial charge in [0.25, 0.3) is 5.91 Å². The number of carbonyl (C=O) groups is 2. The van der Waals surface area contributed by atoms with Crippen LogP contribution in [0.2, 0.25) is 0 Å². The molecule has 0 aliphatic carbocycles. The van der Waals surface area contributed by atoms with Gasteiger partial charge < -0.3 is 15.0 Å². The highest BCUT2D eigenvalue weighted by atomic mass is 16.5. The van der Waals surface area contributed by atoms with Gasteiger partial charge in [-0.1, -0.05) is 26.0 Å². The lowest BCUT2D eigenvalue weighted by atomic mass is 9.83. The van der Waals surface area contributed by atoms with Gasteiger partial charge in [-0.25, -0.2) is 0 Å². The van der Waals surface area contributed by atoms with Gasteiger partial charge >= 0.3 is 0 Å². The van der Waals surface area contributed by atoms with Gasteiger partial charge in [-0.15, -0.1) is 5.10 Å². The quantitative estimate of drug-likeness (QED) is 0.816. The number of carbonyl (C=O) groups excluding carboxylic acids is 2. The second-order valence-electron chi connectivity index (χ2n) is 7.58. The van der Waals surface area contributed by atoms with E-state index >= 15 is 0 Å². The van der Waals surface area contributed by atoms with Crippen molar-refractivity contribution in [2.75, 3.05) is 26.3 Å². The minimum Gasteiger partial charge on any atom is -0.380 e. The minimum atomic E-state index is -0.437. The smallest absolute Gasteiger partial charge is 0.276 e.